The van der Waals surface area contributed by atoms with Crippen molar-refractivity contribution in [1.29, 1.82) is 0 Å². The molecule has 0 saturated carbocycles. The van der Waals surface area contributed by atoms with E-state index in [2.05, 4.69) is 9.97 Å². The van der Waals surface area contributed by atoms with Crippen LogP contribution in [0.4, 0.5) is 4.39 Å². The monoisotopic (exact) mass is 211 g/mol. The van der Waals surface area contributed by atoms with Gasteiger partial charge in [0.25, 0.3) is 0 Å². The van der Waals surface area contributed by atoms with Gasteiger partial charge in [-0.3, -0.25) is 3.97 Å². The van der Waals surface area contributed by atoms with Gasteiger partial charge in [0.15, 0.2) is 21.8 Å². The van der Waals surface area contributed by atoms with Gasteiger partial charge in [-0.15, -0.1) is 0 Å². The summed E-state index contributed by atoms with van der Waals surface area (Å²) >= 11 is 0. The molecule has 0 spiro atoms. The molecular weight excluding hydrogens is 205 g/mol. The van der Waals surface area contributed by atoms with E-state index in [9.17, 15) is 8.60 Å². The second-order valence-electron chi connectivity index (χ2n) is 2.46. The predicted molar refractivity (Wildman–Crippen MR) is 48.2 cm³/mol. The van der Waals surface area contributed by atoms with Crippen LogP contribution in [0.3, 0.4) is 0 Å². The SMILES string of the molecule is O=S(c1ncccc1F)n1ccnc1. The first kappa shape index (κ1) is 9.01. The summed E-state index contributed by atoms with van der Waals surface area (Å²) in [7, 11) is -1.66. The quantitative estimate of drug-likeness (QED) is 0.744. The summed E-state index contributed by atoms with van der Waals surface area (Å²) in [5.74, 6) is -0.584. The van der Waals surface area contributed by atoms with Gasteiger partial charge in [0.2, 0.25) is 0 Å². The van der Waals surface area contributed by atoms with Crippen molar-refractivity contribution >= 4 is 11.0 Å². The Morgan fingerprint density at radius 2 is 2.29 bits per heavy atom. The Labute approximate surface area is 82.0 Å². The summed E-state index contributed by atoms with van der Waals surface area (Å²) < 4.78 is 26.1. The van der Waals surface area contributed by atoms with Gasteiger partial charge in [-0.1, -0.05) is 0 Å². The van der Waals surface area contributed by atoms with E-state index in [4.69, 9.17) is 0 Å². The van der Waals surface area contributed by atoms with Gasteiger partial charge in [0.1, 0.15) is 6.33 Å². The summed E-state index contributed by atoms with van der Waals surface area (Å²) in [6.07, 6.45) is 5.71. The third-order valence-corrected chi connectivity index (χ3v) is 2.79. The molecule has 1 atom stereocenters. The van der Waals surface area contributed by atoms with Crippen LogP contribution in [0.2, 0.25) is 0 Å². The van der Waals surface area contributed by atoms with Crippen molar-refractivity contribution in [2.75, 3.05) is 0 Å². The smallest absolute Gasteiger partial charge is 0.184 e. The Bertz CT molecular complexity index is 457. The van der Waals surface area contributed by atoms with Gasteiger partial charge < -0.3 is 0 Å². The third-order valence-electron chi connectivity index (χ3n) is 1.56. The minimum atomic E-state index is -1.66. The molecule has 0 saturated heterocycles. The molecule has 6 heteroatoms. The molecule has 0 fully saturated rings. The number of halogens is 1. The summed E-state index contributed by atoms with van der Waals surface area (Å²) in [6.45, 7) is 0. The van der Waals surface area contributed by atoms with Gasteiger partial charge in [-0.05, 0) is 12.1 Å². The number of pyridine rings is 1. The van der Waals surface area contributed by atoms with E-state index < -0.39 is 16.8 Å². The Morgan fingerprint density at radius 3 is 2.93 bits per heavy atom. The predicted octanol–water partition coefficient (Wildman–Crippen LogP) is 0.988. The second kappa shape index (κ2) is 3.67. The first-order chi connectivity index (χ1) is 6.79. The van der Waals surface area contributed by atoms with Crippen molar-refractivity contribution in [3.8, 4) is 0 Å². The lowest BCUT2D eigenvalue weighted by Gasteiger charge is -2.01. The van der Waals surface area contributed by atoms with E-state index in [1.54, 1.807) is 0 Å². The Morgan fingerprint density at radius 1 is 1.43 bits per heavy atom. The molecule has 0 bridgehead atoms. The molecule has 0 aromatic carbocycles. The highest BCUT2D eigenvalue weighted by Gasteiger charge is 2.11. The van der Waals surface area contributed by atoms with Crippen molar-refractivity contribution in [3.63, 3.8) is 0 Å². The highest BCUT2D eigenvalue weighted by Crippen LogP contribution is 2.09. The van der Waals surface area contributed by atoms with Crippen molar-refractivity contribution in [2.45, 2.75) is 5.03 Å². The van der Waals surface area contributed by atoms with Gasteiger partial charge >= 0.3 is 0 Å². The molecule has 0 radical (unpaired) electrons. The maximum absolute atomic E-state index is 13.1. The molecule has 4 nitrogen and oxygen atoms in total. The van der Waals surface area contributed by atoms with E-state index in [0.29, 0.717) is 0 Å². The number of hydrogen-bond acceptors (Lipinski definition) is 3. The van der Waals surface area contributed by atoms with Crippen LogP contribution in [0.15, 0.2) is 42.1 Å². The number of hydrogen-bond donors (Lipinski definition) is 0. The molecule has 0 aliphatic carbocycles. The molecule has 2 heterocycles. The highest BCUT2D eigenvalue weighted by molar-refractivity contribution is 7.83. The fraction of sp³-hybridized carbons (Fsp3) is 0. The summed E-state index contributed by atoms with van der Waals surface area (Å²) in [4.78, 5) is 7.43. The van der Waals surface area contributed by atoms with Crippen LogP contribution < -0.4 is 0 Å². The van der Waals surface area contributed by atoms with Gasteiger partial charge in [-0.25, -0.2) is 18.6 Å². The Hall–Kier alpha value is -1.56. The Kier molecular flexibility index (Phi) is 2.36. The molecule has 0 amide bonds. The molecule has 2 aromatic rings. The zero-order valence-electron chi connectivity index (χ0n) is 7.00. The van der Waals surface area contributed by atoms with Crippen molar-refractivity contribution in [2.24, 2.45) is 0 Å². The van der Waals surface area contributed by atoms with Crippen LogP contribution >= 0.6 is 0 Å². The molecule has 0 N–H and O–H groups in total. The van der Waals surface area contributed by atoms with Crippen LogP contribution in [0.5, 0.6) is 0 Å². The average Bonchev–Trinajstić information content (AvgIpc) is 2.70. The Balaban J connectivity index is 2.42. The van der Waals surface area contributed by atoms with E-state index in [0.717, 1.165) is 0 Å². The molecule has 72 valence electrons. The minimum Gasteiger partial charge on any atom is -0.250 e. The molecule has 2 rings (SSSR count). The summed E-state index contributed by atoms with van der Waals surface area (Å²) in [5.41, 5.74) is 0. The third kappa shape index (κ3) is 1.56. The van der Waals surface area contributed by atoms with E-state index >= 15 is 0 Å². The van der Waals surface area contributed by atoms with E-state index in [1.807, 2.05) is 0 Å². The summed E-state index contributed by atoms with van der Waals surface area (Å²) in [6, 6.07) is 2.67. The molecule has 2 aromatic heterocycles. The highest BCUT2D eigenvalue weighted by atomic mass is 32.2. The molecule has 1 unspecified atom stereocenters. The molecular formula is C8H6FN3OS. The van der Waals surface area contributed by atoms with E-state index in [-0.39, 0.29) is 5.03 Å². The maximum Gasteiger partial charge on any atom is 0.184 e. The maximum atomic E-state index is 13.1. The fourth-order valence-corrected chi connectivity index (χ4v) is 1.84. The average molecular weight is 211 g/mol. The van der Waals surface area contributed by atoms with E-state index in [1.165, 1.54) is 41.0 Å². The summed E-state index contributed by atoms with van der Waals surface area (Å²) in [5, 5.41) is -0.0921. The lowest BCUT2D eigenvalue weighted by Crippen LogP contribution is -2.06. The topological polar surface area (TPSA) is 47.8 Å². The standard InChI is InChI=1S/C8H6FN3OS/c9-7-2-1-3-11-8(7)14(13)12-5-4-10-6-12/h1-6H. The number of nitrogens with zero attached hydrogens (tertiary/aromatic N) is 3. The lowest BCUT2D eigenvalue weighted by molar-refractivity contribution is 0.578. The second-order valence-corrected chi connectivity index (χ2v) is 3.77. The van der Waals surface area contributed by atoms with Crippen LogP contribution in [0, 0.1) is 5.82 Å². The van der Waals surface area contributed by atoms with Crippen molar-refractivity contribution < 1.29 is 8.60 Å². The van der Waals surface area contributed by atoms with Crippen LogP contribution in [-0.2, 0) is 11.0 Å². The van der Waals surface area contributed by atoms with Gasteiger partial charge in [0, 0.05) is 18.6 Å². The number of aromatic nitrogens is 3. The van der Waals surface area contributed by atoms with Crippen LogP contribution in [0.25, 0.3) is 0 Å². The van der Waals surface area contributed by atoms with Gasteiger partial charge in [-0.2, -0.15) is 0 Å². The van der Waals surface area contributed by atoms with Crippen molar-refractivity contribution in [1.82, 2.24) is 13.9 Å². The molecule has 0 aliphatic heterocycles. The number of rotatable bonds is 2. The zero-order chi connectivity index (χ0) is 9.97. The largest absolute Gasteiger partial charge is 0.250 e. The first-order valence-electron chi connectivity index (χ1n) is 3.80. The number of imidazole rings is 1. The van der Waals surface area contributed by atoms with Gasteiger partial charge in [0.05, 0.1) is 0 Å². The van der Waals surface area contributed by atoms with Crippen LogP contribution in [-0.4, -0.2) is 18.1 Å². The normalized spacial score (nSPS) is 12.6. The fourth-order valence-electron chi connectivity index (χ4n) is 0.945. The van der Waals surface area contributed by atoms with Crippen molar-refractivity contribution in [3.05, 3.63) is 42.9 Å². The minimum absolute atomic E-state index is 0.0921. The van der Waals surface area contributed by atoms with Crippen LogP contribution in [0.1, 0.15) is 0 Å². The lowest BCUT2D eigenvalue weighted by atomic mass is 10.5. The first-order valence-corrected chi connectivity index (χ1v) is 4.90. The molecule has 0 aliphatic rings. The zero-order valence-corrected chi connectivity index (χ0v) is 7.82. The molecule has 14 heavy (non-hydrogen) atoms.